The van der Waals surface area contributed by atoms with Gasteiger partial charge < -0.3 is 9.73 Å². The van der Waals surface area contributed by atoms with Gasteiger partial charge in [-0.1, -0.05) is 6.07 Å². The lowest BCUT2D eigenvalue weighted by atomic mass is 10.1. The fourth-order valence-corrected chi connectivity index (χ4v) is 3.54. The Morgan fingerprint density at radius 3 is 2.38 bits per heavy atom. The predicted molar refractivity (Wildman–Crippen MR) is 123 cm³/mol. The minimum Gasteiger partial charge on any atom is -0.457 e. The summed E-state index contributed by atoms with van der Waals surface area (Å²) < 4.78 is 5.70. The molecule has 0 aliphatic heterocycles. The molecule has 1 amide bonds. The second kappa shape index (κ2) is 9.23. The number of allylic oxidation sites excluding steroid dienone is 1. The van der Waals surface area contributed by atoms with E-state index in [1.54, 1.807) is 60.7 Å². The van der Waals surface area contributed by atoms with Crippen molar-refractivity contribution in [2.24, 2.45) is 0 Å². The van der Waals surface area contributed by atoms with Crippen molar-refractivity contribution in [1.82, 2.24) is 0 Å². The van der Waals surface area contributed by atoms with E-state index in [-0.39, 0.29) is 17.4 Å². The molecule has 8 heteroatoms. The topological polar surface area (TPSA) is 102 Å². The first kappa shape index (κ1) is 21.0. The molecule has 0 atom stereocenters. The van der Waals surface area contributed by atoms with Gasteiger partial charge in [0.25, 0.3) is 11.6 Å². The maximum absolute atomic E-state index is 12.4. The number of furan rings is 1. The number of rotatable bonds is 7. The van der Waals surface area contributed by atoms with Crippen LogP contribution in [0.25, 0.3) is 17.4 Å². The number of nitrogens with zero attached hydrogens (tertiary/aromatic N) is 1. The summed E-state index contributed by atoms with van der Waals surface area (Å²) in [6.07, 6.45) is 2.96. The zero-order valence-corrected chi connectivity index (χ0v) is 17.4. The van der Waals surface area contributed by atoms with Crippen molar-refractivity contribution < 1.29 is 18.9 Å². The van der Waals surface area contributed by atoms with Crippen LogP contribution in [0.1, 0.15) is 25.8 Å². The standard InChI is InChI=1S/C24H16N2O5S/c27-21(16-3-7-18(8-4-16)25-24(28)23-2-1-15-32-23)13-11-20-12-14-22(31-20)17-5-9-19(10-6-17)26(29)30/h1-15H,(H,25,28)/b13-11+. The van der Waals surface area contributed by atoms with Crippen molar-refractivity contribution in [3.05, 3.63) is 111 Å². The summed E-state index contributed by atoms with van der Waals surface area (Å²) >= 11 is 1.35. The summed E-state index contributed by atoms with van der Waals surface area (Å²) in [4.78, 5) is 35.4. The molecule has 0 aliphatic carbocycles. The third-order valence-electron chi connectivity index (χ3n) is 4.56. The van der Waals surface area contributed by atoms with Crippen LogP contribution in [0.4, 0.5) is 11.4 Å². The summed E-state index contributed by atoms with van der Waals surface area (Å²) in [7, 11) is 0. The molecule has 0 bridgehead atoms. The number of benzene rings is 2. The van der Waals surface area contributed by atoms with Gasteiger partial charge in [-0.3, -0.25) is 19.7 Å². The zero-order valence-electron chi connectivity index (χ0n) is 16.6. The second-order valence-corrected chi connectivity index (χ2v) is 7.66. The number of nitro benzene ring substituents is 1. The first-order valence-corrected chi connectivity index (χ1v) is 10.4. The van der Waals surface area contributed by atoms with E-state index in [0.29, 0.717) is 33.2 Å². The lowest BCUT2D eigenvalue weighted by Gasteiger charge is -2.04. The zero-order chi connectivity index (χ0) is 22.5. The highest BCUT2D eigenvalue weighted by molar-refractivity contribution is 7.12. The molecule has 32 heavy (non-hydrogen) atoms. The molecule has 0 saturated heterocycles. The van der Waals surface area contributed by atoms with Crippen LogP contribution in [0, 0.1) is 10.1 Å². The smallest absolute Gasteiger partial charge is 0.269 e. The fourth-order valence-electron chi connectivity index (χ4n) is 2.92. The molecular weight excluding hydrogens is 428 g/mol. The summed E-state index contributed by atoms with van der Waals surface area (Å²) in [6.45, 7) is 0. The molecule has 0 saturated carbocycles. The van der Waals surface area contributed by atoms with Crippen molar-refractivity contribution in [3.63, 3.8) is 0 Å². The molecule has 0 radical (unpaired) electrons. The third kappa shape index (κ3) is 4.88. The largest absolute Gasteiger partial charge is 0.457 e. The lowest BCUT2D eigenvalue weighted by molar-refractivity contribution is -0.384. The van der Waals surface area contributed by atoms with Gasteiger partial charge in [-0.15, -0.1) is 11.3 Å². The van der Waals surface area contributed by atoms with Gasteiger partial charge in [-0.05, 0) is 72.1 Å². The molecule has 0 unspecified atom stereocenters. The quantitative estimate of drug-likeness (QED) is 0.161. The van der Waals surface area contributed by atoms with E-state index < -0.39 is 4.92 Å². The number of non-ortho nitro benzene ring substituents is 1. The second-order valence-electron chi connectivity index (χ2n) is 6.71. The first-order valence-electron chi connectivity index (χ1n) is 9.51. The number of anilines is 1. The highest BCUT2D eigenvalue weighted by atomic mass is 32.1. The molecule has 158 valence electrons. The molecule has 4 rings (SSSR count). The average Bonchev–Trinajstić information content (AvgIpc) is 3.50. The monoisotopic (exact) mass is 444 g/mol. The molecule has 2 aromatic carbocycles. The van der Waals surface area contributed by atoms with Crippen LogP contribution in [-0.4, -0.2) is 16.6 Å². The van der Waals surface area contributed by atoms with Gasteiger partial charge in [-0.25, -0.2) is 0 Å². The Kier molecular flexibility index (Phi) is 6.05. The molecular formula is C24H16N2O5S. The number of ketones is 1. The van der Waals surface area contributed by atoms with E-state index in [1.165, 1.54) is 29.5 Å². The van der Waals surface area contributed by atoms with Crippen molar-refractivity contribution in [2.45, 2.75) is 0 Å². The van der Waals surface area contributed by atoms with Crippen LogP contribution in [0.5, 0.6) is 0 Å². The number of nitrogens with one attached hydrogen (secondary N) is 1. The van der Waals surface area contributed by atoms with Crippen molar-refractivity contribution in [1.29, 1.82) is 0 Å². The van der Waals surface area contributed by atoms with Crippen molar-refractivity contribution in [3.8, 4) is 11.3 Å². The van der Waals surface area contributed by atoms with Gasteiger partial charge in [0.2, 0.25) is 0 Å². The SMILES string of the molecule is O=C(/C=C/c1ccc(-c2ccc([N+](=O)[O-])cc2)o1)c1ccc(NC(=O)c2cccs2)cc1. The number of carbonyl (C=O) groups is 2. The molecule has 1 N–H and O–H groups in total. The Morgan fingerprint density at radius 1 is 0.969 bits per heavy atom. The minimum atomic E-state index is -0.462. The lowest BCUT2D eigenvalue weighted by Crippen LogP contribution is -2.10. The number of hydrogen-bond acceptors (Lipinski definition) is 6. The Labute approximate surface area is 186 Å². The number of nitro groups is 1. The van der Waals surface area contributed by atoms with E-state index in [4.69, 9.17) is 4.42 Å². The van der Waals surface area contributed by atoms with Crippen LogP contribution in [-0.2, 0) is 0 Å². The molecule has 0 spiro atoms. The molecule has 0 fully saturated rings. The van der Waals surface area contributed by atoms with E-state index in [2.05, 4.69) is 5.32 Å². The first-order chi connectivity index (χ1) is 15.5. The van der Waals surface area contributed by atoms with Crippen LogP contribution < -0.4 is 5.32 Å². The van der Waals surface area contributed by atoms with Gasteiger partial charge in [-0.2, -0.15) is 0 Å². The van der Waals surface area contributed by atoms with Crippen LogP contribution in [0.15, 0.2) is 88.7 Å². The Bertz CT molecular complexity index is 1290. The minimum absolute atomic E-state index is 0.00290. The van der Waals surface area contributed by atoms with E-state index >= 15 is 0 Å². The van der Waals surface area contributed by atoms with Gasteiger partial charge in [0, 0.05) is 28.9 Å². The maximum atomic E-state index is 12.4. The number of thiophene rings is 1. The van der Waals surface area contributed by atoms with E-state index in [1.807, 2.05) is 11.4 Å². The molecule has 2 aromatic heterocycles. The van der Waals surface area contributed by atoms with Crippen molar-refractivity contribution >= 4 is 40.5 Å². The van der Waals surface area contributed by atoms with Crippen LogP contribution in [0.3, 0.4) is 0 Å². The Balaban J connectivity index is 1.39. The van der Waals surface area contributed by atoms with Gasteiger partial charge in [0.1, 0.15) is 11.5 Å². The summed E-state index contributed by atoms with van der Waals surface area (Å²) in [5.41, 5.74) is 1.77. The third-order valence-corrected chi connectivity index (χ3v) is 5.43. The molecule has 2 heterocycles. The highest BCUT2D eigenvalue weighted by Crippen LogP contribution is 2.25. The summed E-state index contributed by atoms with van der Waals surface area (Å²) in [5, 5.41) is 15.4. The Hall–Kier alpha value is -4.30. The molecule has 0 aliphatic rings. The molecule has 4 aromatic rings. The normalized spacial score (nSPS) is 10.9. The number of hydrogen-bond donors (Lipinski definition) is 1. The van der Waals surface area contributed by atoms with Gasteiger partial charge >= 0.3 is 0 Å². The predicted octanol–water partition coefficient (Wildman–Crippen LogP) is 6.06. The van der Waals surface area contributed by atoms with E-state index in [0.717, 1.165) is 0 Å². The van der Waals surface area contributed by atoms with Gasteiger partial charge in [0.15, 0.2) is 5.78 Å². The maximum Gasteiger partial charge on any atom is 0.269 e. The number of carbonyl (C=O) groups excluding carboxylic acids is 2. The molecule has 7 nitrogen and oxygen atoms in total. The van der Waals surface area contributed by atoms with Crippen LogP contribution >= 0.6 is 11.3 Å². The summed E-state index contributed by atoms with van der Waals surface area (Å²) in [6, 6.07) is 19.6. The summed E-state index contributed by atoms with van der Waals surface area (Å²) in [5.74, 6) is 0.611. The van der Waals surface area contributed by atoms with Crippen molar-refractivity contribution in [2.75, 3.05) is 5.32 Å². The van der Waals surface area contributed by atoms with E-state index in [9.17, 15) is 19.7 Å². The highest BCUT2D eigenvalue weighted by Gasteiger charge is 2.09. The Morgan fingerprint density at radius 2 is 1.72 bits per heavy atom. The average molecular weight is 444 g/mol. The fraction of sp³-hybridized carbons (Fsp3) is 0. The van der Waals surface area contributed by atoms with Gasteiger partial charge in [0.05, 0.1) is 9.80 Å². The van der Waals surface area contributed by atoms with Crippen LogP contribution in [0.2, 0.25) is 0 Å². The number of amides is 1.